The molecule has 0 aliphatic carbocycles. The maximum Gasteiger partial charge on any atom is 0.117 e. The second-order valence-electron chi connectivity index (χ2n) is 3.18. The number of nitrogens with zero attached hydrogens (tertiary/aromatic N) is 3. The molecule has 5 nitrogen and oxygen atoms in total. The van der Waals surface area contributed by atoms with Gasteiger partial charge in [-0.25, -0.2) is 0 Å². The third-order valence-electron chi connectivity index (χ3n) is 2.16. The average Bonchev–Trinajstić information content (AvgIpc) is 2.65. The first-order chi connectivity index (χ1) is 5.02. The summed E-state index contributed by atoms with van der Waals surface area (Å²) in [5.74, 6) is 0. The summed E-state index contributed by atoms with van der Waals surface area (Å²) >= 11 is 0. The van der Waals surface area contributed by atoms with Gasteiger partial charge in [0.25, 0.3) is 0 Å². The fourth-order valence-electron chi connectivity index (χ4n) is 0.756. The highest BCUT2D eigenvalue weighted by Crippen LogP contribution is 2.37. The lowest BCUT2D eigenvalue weighted by Gasteiger charge is -2.25. The quantitative estimate of drug-likeness (QED) is 0.285. The van der Waals surface area contributed by atoms with Crippen molar-refractivity contribution in [3.05, 3.63) is 10.4 Å². The minimum atomic E-state index is -1.04. The zero-order chi connectivity index (χ0) is 8.54. The highest BCUT2D eigenvalue weighted by Gasteiger charge is 2.54. The normalized spacial score (nSPS) is 33.7. The molecule has 0 saturated carbocycles. The van der Waals surface area contributed by atoms with Crippen LogP contribution >= 0.6 is 0 Å². The fourth-order valence-corrected chi connectivity index (χ4v) is 0.756. The van der Waals surface area contributed by atoms with Gasteiger partial charge in [0.15, 0.2) is 0 Å². The molecule has 1 heterocycles. The molecule has 0 amide bonds. The van der Waals surface area contributed by atoms with Crippen molar-refractivity contribution in [2.75, 3.05) is 13.2 Å². The van der Waals surface area contributed by atoms with Crippen molar-refractivity contribution < 1.29 is 9.84 Å². The maximum absolute atomic E-state index is 9.65. The molecule has 1 aliphatic rings. The van der Waals surface area contributed by atoms with Crippen LogP contribution in [0.4, 0.5) is 0 Å². The first kappa shape index (κ1) is 8.33. The van der Waals surface area contributed by atoms with Gasteiger partial charge in [0.1, 0.15) is 5.60 Å². The zero-order valence-electron chi connectivity index (χ0n) is 6.61. The van der Waals surface area contributed by atoms with Gasteiger partial charge in [-0.2, -0.15) is 0 Å². The minimum absolute atomic E-state index is 0.0556. The lowest BCUT2D eigenvalue weighted by atomic mass is 9.92. The van der Waals surface area contributed by atoms with Gasteiger partial charge in [-0.3, -0.25) is 0 Å². The van der Waals surface area contributed by atoms with Gasteiger partial charge < -0.3 is 9.84 Å². The number of ether oxygens (including phenoxy) is 1. The molecule has 1 saturated heterocycles. The summed E-state index contributed by atoms with van der Waals surface area (Å²) < 4.78 is 5.02. The molecule has 2 atom stereocenters. The second-order valence-corrected chi connectivity index (χ2v) is 3.18. The van der Waals surface area contributed by atoms with Crippen LogP contribution in [0.2, 0.25) is 0 Å². The van der Waals surface area contributed by atoms with Crippen molar-refractivity contribution >= 4 is 0 Å². The van der Waals surface area contributed by atoms with E-state index in [1.165, 1.54) is 0 Å². The first-order valence-electron chi connectivity index (χ1n) is 3.39. The molecule has 0 aromatic heterocycles. The summed E-state index contributed by atoms with van der Waals surface area (Å²) in [4.78, 5) is 2.57. The van der Waals surface area contributed by atoms with Crippen LogP contribution in [0.25, 0.3) is 10.4 Å². The van der Waals surface area contributed by atoms with Gasteiger partial charge >= 0.3 is 0 Å². The van der Waals surface area contributed by atoms with Crippen molar-refractivity contribution in [1.29, 1.82) is 0 Å². The Hall–Kier alpha value is -0.770. The Bertz CT molecular complexity index is 204. The van der Waals surface area contributed by atoms with E-state index in [4.69, 9.17) is 10.3 Å². The van der Waals surface area contributed by atoms with Gasteiger partial charge in [-0.05, 0) is 19.4 Å². The van der Waals surface area contributed by atoms with Crippen molar-refractivity contribution in [3.8, 4) is 0 Å². The molecule has 62 valence electrons. The molecule has 0 bridgehead atoms. The molecule has 0 aromatic rings. The SMILES string of the molecule is C[C@](O)(CN=[N+]=[N-])[C@]1(C)CO1. The molecule has 1 N–H and O–H groups in total. The number of rotatable bonds is 3. The van der Waals surface area contributed by atoms with Crippen LogP contribution in [-0.2, 0) is 4.74 Å². The minimum Gasteiger partial charge on any atom is -0.387 e. The molecule has 1 rings (SSSR count). The molecular weight excluding hydrogens is 146 g/mol. The number of epoxide rings is 1. The summed E-state index contributed by atoms with van der Waals surface area (Å²) in [6.07, 6.45) is 0. The third kappa shape index (κ3) is 1.45. The van der Waals surface area contributed by atoms with Gasteiger partial charge in [0, 0.05) is 4.91 Å². The number of azide groups is 1. The molecule has 0 aromatic carbocycles. The van der Waals surface area contributed by atoms with Crippen LogP contribution in [0.5, 0.6) is 0 Å². The predicted molar refractivity (Wildman–Crippen MR) is 39.0 cm³/mol. The van der Waals surface area contributed by atoms with E-state index in [2.05, 4.69) is 10.0 Å². The Morgan fingerprint density at radius 1 is 1.91 bits per heavy atom. The van der Waals surface area contributed by atoms with E-state index in [9.17, 15) is 5.11 Å². The Labute approximate surface area is 64.6 Å². The lowest BCUT2D eigenvalue weighted by molar-refractivity contribution is -0.00582. The Morgan fingerprint density at radius 2 is 2.45 bits per heavy atom. The number of hydrogen-bond acceptors (Lipinski definition) is 3. The van der Waals surface area contributed by atoms with E-state index in [0.717, 1.165) is 0 Å². The van der Waals surface area contributed by atoms with E-state index < -0.39 is 11.2 Å². The van der Waals surface area contributed by atoms with E-state index in [-0.39, 0.29) is 6.54 Å². The van der Waals surface area contributed by atoms with Crippen LogP contribution < -0.4 is 0 Å². The standard InChI is InChI=1S/C6H11N3O2/c1-5(10,3-8-9-7)6(2)4-11-6/h10H,3-4H2,1-2H3/t5-,6-/m0/s1. The van der Waals surface area contributed by atoms with Crippen LogP contribution in [0.3, 0.4) is 0 Å². The summed E-state index contributed by atoms with van der Waals surface area (Å²) in [7, 11) is 0. The van der Waals surface area contributed by atoms with E-state index in [1.807, 2.05) is 0 Å². The molecule has 1 fully saturated rings. The van der Waals surface area contributed by atoms with Gasteiger partial charge in [-0.1, -0.05) is 5.11 Å². The first-order valence-corrected chi connectivity index (χ1v) is 3.39. The Kier molecular flexibility index (Phi) is 1.80. The van der Waals surface area contributed by atoms with Crippen molar-refractivity contribution in [2.24, 2.45) is 5.11 Å². The fraction of sp³-hybridized carbons (Fsp3) is 1.00. The molecule has 0 unspecified atom stereocenters. The van der Waals surface area contributed by atoms with Crippen LogP contribution in [0, 0.1) is 0 Å². The number of hydrogen-bond donors (Lipinski definition) is 1. The van der Waals surface area contributed by atoms with E-state index in [0.29, 0.717) is 6.61 Å². The summed E-state index contributed by atoms with van der Waals surface area (Å²) in [5, 5.41) is 13.0. The zero-order valence-corrected chi connectivity index (χ0v) is 6.61. The van der Waals surface area contributed by atoms with Crippen molar-refractivity contribution in [1.82, 2.24) is 0 Å². The molecule has 1 aliphatic heterocycles. The third-order valence-corrected chi connectivity index (χ3v) is 2.16. The molecular formula is C6H11N3O2. The second kappa shape index (κ2) is 2.37. The number of aliphatic hydroxyl groups is 1. The smallest absolute Gasteiger partial charge is 0.117 e. The molecule has 0 spiro atoms. The molecule has 11 heavy (non-hydrogen) atoms. The summed E-state index contributed by atoms with van der Waals surface area (Å²) in [6.45, 7) is 3.98. The highest BCUT2D eigenvalue weighted by molar-refractivity contribution is 5.04. The Morgan fingerprint density at radius 3 is 2.82 bits per heavy atom. The highest BCUT2D eigenvalue weighted by atomic mass is 16.6. The monoisotopic (exact) mass is 157 g/mol. The van der Waals surface area contributed by atoms with Crippen molar-refractivity contribution in [2.45, 2.75) is 25.0 Å². The van der Waals surface area contributed by atoms with Gasteiger partial charge in [0.05, 0.1) is 18.8 Å². The van der Waals surface area contributed by atoms with Gasteiger partial charge in [0.2, 0.25) is 0 Å². The topological polar surface area (TPSA) is 81.5 Å². The van der Waals surface area contributed by atoms with Crippen LogP contribution in [0.1, 0.15) is 13.8 Å². The molecule has 0 radical (unpaired) electrons. The summed E-state index contributed by atoms with van der Waals surface area (Å²) in [6, 6.07) is 0. The van der Waals surface area contributed by atoms with Crippen LogP contribution in [0.15, 0.2) is 5.11 Å². The van der Waals surface area contributed by atoms with Crippen molar-refractivity contribution in [3.63, 3.8) is 0 Å². The lowest BCUT2D eigenvalue weighted by Crippen LogP contribution is -2.43. The van der Waals surface area contributed by atoms with Gasteiger partial charge in [-0.15, -0.1) is 0 Å². The molecule has 5 heteroatoms. The van der Waals surface area contributed by atoms with Crippen LogP contribution in [-0.4, -0.2) is 29.5 Å². The Balaban J connectivity index is 2.58. The largest absolute Gasteiger partial charge is 0.387 e. The van der Waals surface area contributed by atoms with E-state index >= 15 is 0 Å². The maximum atomic E-state index is 9.65. The summed E-state index contributed by atoms with van der Waals surface area (Å²) in [5.41, 5.74) is 6.47. The predicted octanol–water partition coefficient (Wildman–Crippen LogP) is 0.837. The van der Waals surface area contributed by atoms with E-state index in [1.54, 1.807) is 13.8 Å². The average molecular weight is 157 g/mol.